The lowest BCUT2D eigenvalue weighted by Crippen LogP contribution is -2.10. The van der Waals surface area contributed by atoms with Gasteiger partial charge in [-0.1, -0.05) is 291 Å². The Morgan fingerprint density at radius 2 is 0.387 bits per heavy atom. The van der Waals surface area contributed by atoms with Gasteiger partial charge in [0.05, 0.1) is 44.1 Å². The summed E-state index contributed by atoms with van der Waals surface area (Å²) < 4.78 is 8.88. The number of para-hydroxylation sites is 4. The molecule has 0 bridgehead atoms. The van der Waals surface area contributed by atoms with Crippen LogP contribution in [0.4, 0.5) is 0 Å². The van der Waals surface area contributed by atoms with Gasteiger partial charge in [0.2, 0.25) is 17.8 Å². The van der Waals surface area contributed by atoms with E-state index in [1.807, 2.05) is 36.4 Å². The van der Waals surface area contributed by atoms with E-state index in [0.29, 0.717) is 35.3 Å². The van der Waals surface area contributed by atoms with Gasteiger partial charge in [-0.2, -0.15) is 24.9 Å². The van der Waals surface area contributed by atoms with Crippen molar-refractivity contribution in [1.29, 1.82) is 0 Å². The van der Waals surface area contributed by atoms with E-state index in [2.05, 4.69) is 358 Å². The van der Waals surface area contributed by atoms with E-state index in [0.717, 1.165) is 98.8 Å². The third-order valence-corrected chi connectivity index (χ3v) is 20.4. The third kappa shape index (κ3) is 10.7. The molecule has 10 heteroatoms. The van der Waals surface area contributed by atoms with Crippen LogP contribution in [0.15, 0.2) is 376 Å². The molecule has 21 rings (SSSR count). The summed E-state index contributed by atoms with van der Waals surface area (Å²) in [4.78, 5) is 31.3. The van der Waals surface area contributed by atoms with Gasteiger partial charge in [-0.3, -0.25) is 13.7 Å². The van der Waals surface area contributed by atoms with E-state index in [-0.39, 0.29) is 0 Å². The number of rotatable bonds is 11. The van der Waals surface area contributed by atoms with E-state index in [4.69, 9.17) is 29.9 Å². The molecule has 0 aliphatic rings. The molecule has 0 aliphatic carbocycles. The van der Waals surface area contributed by atoms with Crippen LogP contribution in [0.1, 0.15) is 0 Å². The van der Waals surface area contributed by atoms with Crippen LogP contribution in [0.5, 0.6) is 0 Å². The fraction of sp³-hybridized carbons (Fsp3) is 0. The quantitative estimate of drug-likeness (QED) is 0.128. The Morgan fingerprint density at radius 1 is 0.142 bits per heavy atom. The Kier molecular flexibility index (Phi) is 15.0. The van der Waals surface area contributed by atoms with Crippen molar-refractivity contribution in [2.45, 2.75) is 0 Å². The zero-order valence-corrected chi connectivity index (χ0v) is 57.3. The van der Waals surface area contributed by atoms with Crippen molar-refractivity contribution >= 4 is 87.2 Å². The Morgan fingerprint density at radius 3 is 0.726 bits per heavy atom. The van der Waals surface area contributed by atoms with Gasteiger partial charge < -0.3 is 4.57 Å². The molecule has 0 saturated heterocycles. The summed E-state index contributed by atoms with van der Waals surface area (Å²) in [5, 5.41) is 9.30. The van der Waals surface area contributed by atoms with Gasteiger partial charge in [-0.15, -0.1) is 0 Å². The van der Waals surface area contributed by atoms with Gasteiger partial charge >= 0.3 is 0 Å². The molecule has 6 aromatic heterocycles. The highest BCUT2D eigenvalue weighted by atomic mass is 15.3. The molecule has 10 nitrogen and oxygen atoms in total. The predicted molar refractivity (Wildman–Crippen MR) is 435 cm³/mol. The number of hydrogen-bond acceptors (Lipinski definition) is 6. The maximum absolute atomic E-state index is 5.31. The molecule has 0 aliphatic heterocycles. The molecule has 0 N–H and O–H groups in total. The molecule has 6 heterocycles. The van der Waals surface area contributed by atoms with Crippen molar-refractivity contribution < 1.29 is 0 Å². The van der Waals surface area contributed by atoms with Crippen LogP contribution in [-0.2, 0) is 0 Å². The minimum Gasteiger partial charge on any atom is -0.309 e. The molecule has 21 aromatic rings. The smallest absolute Gasteiger partial charge is 0.240 e. The predicted octanol–water partition coefficient (Wildman–Crippen LogP) is 23.8. The number of nitrogens with zero attached hydrogens (tertiary/aromatic N) is 10. The second-order valence-corrected chi connectivity index (χ2v) is 26.6. The highest BCUT2D eigenvalue weighted by Crippen LogP contribution is 2.41. The zero-order valence-electron chi connectivity index (χ0n) is 57.3. The molecular formula is C96H62N10. The summed E-state index contributed by atoms with van der Waals surface area (Å²) in [6.07, 6.45) is 0. The fourth-order valence-corrected chi connectivity index (χ4v) is 15.4. The maximum atomic E-state index is 5.31. The Labute approximate surface area is 610 Å². The minimum atomic E-state index is 0.569. The summed E-state index contributed by atoms with van der Waals surface area (Å²) in [6, 6.07) is 132. The van der Waals surface area contributed by atoms with Gasteiger partial charge in [0.25, 0.3) is 0 Å². The summed E-state index contributed by atoms with van der Waals surface area (Å²) in [7, 11) is 0. The van der Waals surface area contributed by atoms with Crippen molar-refractivity contribution in [3.63, 3.8) is 0 Å². The van der Waals surface area contributed by atoms with Crippen LogP contribution >= 0.6 is 0 Å². The number of aromatic nitrogens is 10. The first-order chi connectivity index (χ1) is 52.6. The third-order valence-electron chi connectivity index (χ3n) is 20.4. The average molecular weight is 1360 g/mol. The van der Waals surface area contributed by atoms with Crippen LogP contribution in [-0.4, -0.2) is 48.2 Å². The number of hydrogen-bond donors (Lipinski definition) is 0. The number of benzene rings is 15. The summed E-state index contributed by atoms with van der Waals surface area (Å²) >= 11 is 0. The lowest BCUT2D eigenvalue weighted by molar-refractivity contribution is 0.893. The van der Waals surface area contributed by atoms with Crippen LogP contribution in [0.25, 0.3) is 189 Å². The van der Waals surface area contributed by atoms with Gasteiger partial charge in [-0.25, -0.2) is 4.98 Å². The average Bonchev–Trinajstić information content (AvgIpc) is 1.61. The molecule has 0 saturated carbocycles. The maximum Gasteiger partial charge on any atom is 0.240 e. The van der Waals surface area contributed by atoms with Crippen molar-refractivity contribution in [3.05, 3.63) is 376 Å². The zero-order chi connectivity index (χ0) is 70.0. The Hall–Kier alpha value is -14.5. The van der Waals surface area contributed by atoms with Crippen molar-refractivity contribution in [2.75, 3.05) is 0 Å². The fourth-order valence-electron chi connectivity index (χ4n) is 15.4. The van der Waals surface area contributed by atoms with Gasteiger partial charge in [0.1, 0.15) is 0 Å². The lowest BCUT2D eigenvalue weighted by atomic mass is 10.0. The van der Waals surface area contributed by atoms with Crippen molar-refractivity contribution in [2.24, 2.45) is 0 Å². The molecule has 496 valence electrons. The van der Waals surface area contributed by atoms with Crippen LogP contribution in [0.2, 0.25) is 0 Å². The van der Waals surface area contributed by atoms with Crippen molar-refractivity contribution in [1.82, 2.24) is 48.2 Å². The summed E-state index contributed by atoms with van der Waals surface area (Å²) in [6.45, 7) is 0. The van der Waals surface area contributed by atoms with Crippen LogP contribution < -0.4 is 0 Å². The molecule has 0 atom stereocenters. The Balaban J connectivity index is 0.000000141. The topological polar surface area (TPSA) is 97.1 Å². The summed E-state index contributed by atoms with van der Waals surface area (Å²) in [5.74, 6) is 3.55. The molecule has 15 aromatic carbocycles. The van der Waals surface area contributed by atoms with E-state index in [1.54, 1.807) is 0 Å². The lowest BCUT2D eigenvalue weighted by Gasteiger charge is -2.13. The standard InChI is InChI=1S/C51H33N5.C45H29N5/c1-4-15-34(16-5-1)37-27-29-47-43(32-37)41-23-10-12-25-45(41)55(47)40-22-14-21-39(31-40)50-52-49(36-19-8-3-9-20-36)53-51(54-50)56-46-26-13-11-24-42(46)44-33-38(28-30-48(44)56)35-17-6-2-7-18-35;1-4-14-30(15-5-1)33-24-26-41-37(28-33)35-20-10-12-22-39(35)49(41)44-46-43(32-18-8-3-9-19-32)47-45(48-44)50-40-23-13-11-21-36(40)38-29-34(25-27-42(38)50)31-16-6-2-7-17-31/h1-33H;1-29H. The monoisotopic (exact) mass is 1350 g/mol. The van der Waals surface area contributed by atoms with E-state index < -0.39 is 0 Å². The van der Waals surface area contributed by atoms with E-state index >= 15 is 0 Å². The largest absolute Gasteiger partial charge is 0.309 e. The van der Waals surface area contributed by atoms with E-state index in [9.17, 15) is 0 Å². The highest BCUT2D eigenvalue weighted by Gasteiger charge is 2.24. The molecular weight excluding hydrogens is 1290 g/mol. The van der Waals surface area contributed by atoms with Gasteiger partial charge in [0.15, 0.2) is 17.5 Å². The van der Waals surface area contributed by atoms with Crippen LogP contribution in [0, 0.1) is 0 Å². The first-order valence-corrected chi connectivity index (χ1v) is 35.7. The van der Waals surface area contributed by atoms with Gasteiger partial charge in [0, 0.05) is 65.5 Å². The van der Waals surface area contributed by atoms with Gasteiger partial charge in [-0.05, 0) is 129 Å². The number of fused-ring (bicyclic) bond motifs is 12. The summed E-state index contributed by atoms with van der Waals surface area (Å²) in [5.41, 5.74) is 21.8. The molecule has 0 amide bonds. The molecule has 0 fully saturated rings. The van der Waals surface area contributed by atoms with E-state index in [1.165, 1.54) is 55.3 Å². The second kappa shape index (κ2) is 25.8. The molecule has 0 unspecified atom stereocenters. The SMILES string of the molecule is c1ccc(-c2ccc3c(c2)c2ccccc2n3-c2cccc(-c3nc(-c4ccccc4)nc(-n4c5ccccc5c5cc(-c6ccccc6)ccc54)n3)c2)cc1.c1ccc(-c2ccc3c(c2)c2ccccc2n3-c2nc(-c3ccccc3)nc(-n3c4ccccc4c4cc(-c5ccccc5)ccc43)n2)cc1. The Bertz CT molecular complexity index is 6750. The highest BCUT2D eigenvalue weighted by molar-refractivity contribution is 6.14. The first-order valence-electron chi connectivity index (χ1n) is 35.7. The molecule has 106 heavy (non-hydrogen) atoms. The normalized spacial score (nSPS) is 11.6. The molecule has 0 spiro atoms. The minimum absolute atomic E-state index is 0.569. The second-order valence-electron chi connectivity index (χ2n) is 26.6. The van der Waals surface area contributed by atoms with Crippen molar-refractivity contribution in [3.8, 4) is 102 Å². The molecule has 0 radical (unpaired) electrons. The van der Waals surface area contributed by atoms with Crippen LogP contribution in [0.3, 0.4) is 0 Å². The first kappa shape index (κ1) is 61.4.